The van der Waals surface area contributed by atoms with Crippen LogP contribution < -0.4 is 4.74 Å². The third kappa shape index (κ3) is 4.18. The summed E-state index contributed by atoms with van der Waals surface area (Å²) in [5.74, 6) is 0.680. The highest BCUT2D eigenvalue weighted by Gasteiger charge is 2.19. The highest BCUT2D eigenvalue weighted by atomic mass is 32.2. The number of rotatable bonds is 7. The van der Waals surface area contributed by atoms with Crippen LogP contribution in [0.15, 0.2) is 60.0 Å². The van der Waals surface area contributed by atoms with E-state index in [-0.39, 0.29) is 17.4 Å². The van der Waals surface area contributed by atoms with Crippen LogP contribution in [0.4, 0.5) is 4.39 Å². The second-order valence-electron chi connectivity index (χ2n) is 7.45. The summed E-state index contributed by atoms with van der Waals surface area (Å²) in [5.41, 5.74) is 4.45. The van der Waals surface area contributed by atoms with Gasteiger partial charge in [0, 0.05) is 28.3 Å². The Balaban J connectivity index is 1.53. The van der Waals surface area contributed by atoms with Crippen molar-refractivity contribution >= 4 is 17.5 Å². The molecule has 32 heavy (non-hydrogen) atoms. The van der Waals surface area contributed by atoms with Gasteiger partial charge in [0.05, 0.1) is 12.9 Å². The second kappa shape index (κ2) is 9.00. The lowest BCUT2D eigenvalue weighted by atomic mass is 10.2. The van der Waals surface area contributed by atoms with Crippen molar-refractivity contribution in [1.82, 2.24) is 19.3 Å². The predicted octanol–water partition coefficient (Wildman–Crippen LogP) is 5.11. The van der Waals surface area contributed by atoms with E-state index in [4.69, 9.17) is 4.74 Å². The average Bonchev–Trinajstić information content (AvgIpc) is 3.38. The van der Waals surface area contributed by atoms with E-state index in [0.29, 0.717) is 22.0 Å². The fourth-order valence-corrected chi connectivity index (χ4v) is 4.43. The van der Waals surface area contributed by atoms with Gasteiger partial charge in [-0.05, 0) is 68.8 Å². The largest absolute Gasteiger partial charge is 0.497 e. The third-order valence-electron chi connectivity index (χ3n) is 5.34. The van der Waals surface area contributed by atoms with Crippen molar-refractivity contribution in [3.05, 3.63) is 83.2 Å². The highest BCUT2D eigenvalue weighted by Crippen LogP contribution is 2.26. The molecular formula is C24H23FN4O2S. The highest BCUT2D eigenvalue weighted by molar-refractivity contribution is 7.99. The Labute approximate surface area is 190 Å². The number of aryl methyl sites for hydroxylation is 2. The van der Waals surface area contributed by atoms with Gasteiger partial charge in [0.25, 0.3) is 0 Å². The van der Waals surface area contributed by atoms with Crippen LogP contribution in [0.1, 0.15) is 27.3 Å². The third-order valence-corrected chi connectivity index (χ3v) is 6.29. The molecule has 2 aromatic carbocycles. The predicted molar refractivity (Wildman–Crippen MR) is 123 cm³/mol. The summed E-state index contributed by atoms with van der Waals surface area (Å²) in [6.45, 7) is 5.52. The Hall–Kier alpha value is -3.39. The van der Waals surface area contributed by atoms with Gasteiger partial charge in [-0.25, -0.2) is 4.39 Å². The van der Waals surface area contributed by atoms with E-state index in [2.05, 4.69) is 10.2 Å². The van der Waals surface area contributed by atoms with Gasteiger partial charge in [-0.2, -0.15) is 0 Å². The van der Waals surface area contributed by atoms with Gasteiger partial charge >= 0.3 is 0 Å². The Kier molecular flexibility index (Phi) is 6.14. The number of nitrogens with zero attached hydrogens (tertiary/aromatic N) is 4. The van der Waals surface area contributed by atoms with Gasteiger partial charge in [-0.15, -0.1) is 10.2 Å². The first-order valence-electron chi connectivity index (χ1n) is 10.0. The Morgan fingerprint density at radius 3 is 2.47 bits per heavy atom. The van der Waals surface area contributed by atoms with Crippen molar-refractivity contribution < 1.29 is 13.9 Å². The zero-order chi connectivity index (χ0) is 22.8. The normalized spacial score (nSPS) is 11.0. The van der Waals surface area contributed by atoms with E-state index < -0.39 is 0 Å². The fraction of sp³-hybridized carbons (Fsp3) is 0.208. The molecule has 6 nitrogen and oxygen atoms in total. The molecule has 8 heteroatoms. The number of benzene rings is 2. The minimum Gasteiger partial charge on any atom is -0.497 e. The van der Waals surface area contributed by atoms with Gasteiger partial charge in [0.15, 0.2) is 10.9 Å². The fourth-order valence-electron chi connectivity index (χ4n) is 3.61. The quantitative estimate of drug-likeness (QED) is 0.289. The number of thioether (sulfide) groups is 1. The summed E-state index contributed by atoms with van der Waals surface area (Å²) in [5, 5.41) is 8.77. The molecule has 0 saturated carbocycles. The molecule has 0 spiro atoms. The topological polar surface area (TPSA) is 61.9 Å². The average molecular weight is 451 g/mol. The molecule has 0 N–H and O–H groups in total. The zero-order valence-corrected chi connectivity index (χ0v) is 19.1. The molecule has 0 aliphatic heterocycles. The maximum Gasteiger partial charge on any atom is 0.196 e. The minimum absolute atomic E-state index is 0.0220. The van der Waals surface area contributed by atoms with E-state index >= 15 is 0 Å². The molecule has 0 radical (unpaired) electrons. The molecule has 0 aliphatic carbocycles. The van der Waals surface area contributed by atoms with Crippen LogP contribution in [0.2, 0.25) is 0 Å². The van der Waals surface area contributed by atoms with E-state index in [0.717, 1.165) is 22.8 Å². The minimum atomic E-state index is -0.267. The molecule has 164 valence electrons. The number of methoxy groups -OCH3 is 1. The van der Waals surface area contributed by atoms with Crippen molar-refractivity contribution in [1.29, 1.82) is 0 Å². The van der Waals surface area contributed by atoms with Crippen LogP contribution in [0, 0.1) is 26.6 Å². The molecule has 0 aliphatic rings. The smallest absolute Gasteiger partial charge is 0.196 e. The maximum absolute atomic E-state index is 14.1. The standard InChI is InChI=1S/C24H23FN4O2S/c1-15-5-6-19(12-22(15)25)29-16(2)11-21(17(29)3)23(30)13-32-24-27-26-14-28(24)18-7-9-20(31-4)10-8-18/h5-12,14H,13H2,1-4H3. The molecular weight excluding hydrogens is 427 g/mol. The van der Waals surface area contributed by atoms with Gasteiger partial charge in [-0.1, -0.05) is 17.8 Å². The molecule has 0 fully saturated rings. The molecule has 4 rings (SSSR count). The second-order valence-corrected chi connectivity index (χ2v) is 8.39. The van der Waals surface area contributed by atoms with Gasteiger partial charge in [0.1, 0.15) is 17.9 Å². The van der Waals surface area contributed by atoms with Crippen molar-refractivity contribution in [2.24, 2.45) is 0 Å². The van der Waals surface area contributed by atoms with E-state index in [1.54, 1.807) is 26.4 Å². The summed E-state index contributed by atoms with van der Waals surface area (Å²) < 4.78 is 23.0. The summed E-state index contributed by atoms with van der Waals surface area (Å²) in [4.78, 5) is 13.0. The van der Waals surface area contributed by atoms with Crippen LogP contribution in [-0.4, -0.2) is 38.0 Å². The Bertz CT molecular complexity index is 1280. The van der Waals surface area contributed by atoms with E-state index in [1.165, 1.54) is 17.8 Å². The molecule has 0 bridgehead atoms. The molecule has 0 unspecified atom stereocenters. The number of hydrogen-bond donors (Lipinski definition) is 0. The van der Waals surface area contributed by atoms with Gasteiger partial charge < -0.3 is 9.30 Å². The lowest BCUT2D eigenvalue weighted by molar-refractivity contribution is 0.102. The van der Waals surface area contributed by atoms with Crippen LogP contribution in [0.25, 0.3) is 11.4 Å². The molecule has 4 aromatic rings. The molecule has 2 heterocycles. The monoisotopic (exact) mass is 450 g/mol. The number of carbonyl (C=O) groups excluding carboxylic acids is 1. The Morgan fingerprint density at radius 2 is 1.78 bits per heavy atom. The number of ether oxygens (including phenoxy) is 1. The van der Waals surface area contributed by atoms with Crippen molar-refractivity contribution in [3.8, 4) is 17.1 Å². The lowest BCUT2D eigenvalue weighted by Gasteiger charge is -2.11. The van der Waals surface area contributed by atoms with Crippen molar-refractivity contribution in [2.75, 3.05) is 12.9 Å². The number of halogens is 1. The van der Waals surface area contributed by atoms with Crippen LogP contribution in [-0.2, 0) is 0 Å². The number of carbonyl (C=O) groups is 1. The van der Waals surface area contributed by atoms with E-state index in [1.807, 2.05) is 59.4 Å². The number of ketones is 1. The molecule has 2 aromatic heterocycles. The summed E-state index contributed by atoms with van der Waals surface area (Å²) >= 11 is 1.32. The SMILES string of the molecule is COc1ccc(-n2cnnc2SCC(=O)c2cc(C)n(-c3ccc(C)c(F)c3)c2C)cc1. The first kappa shape index (κ1) is 21.8. The van der Waals surface area contributed by atoms with Gasteiger partial charge in [-0.3, -0.25) is 9.36 Å². The molecule has 0 amide bonds. The van der Waals surface area contributed by atoms with Crippen LogP contribution in [0.3, 0.4) is 0 Å². The molecule has 0 saturated heterocycles. The maximum atomic E-state index is 14.1. The van der Waals surface area contributed by atoms with Crippen molar-refractivity contribution in [3.63, 3.8) is 0 Å². The first-order chi connectivity index (χ1) is 15.4. The van der Waals surface area contributed by atoms with Crippen LogP contribution in [0.5, 0.6) is 5.75 Å². The number of Topliss-reactive ketones (excluding diaryl/α,β-unsaturated/α-hetero) is 1. The number of hydrogen-bond acceptors (Lipinski definition) is 5. The van der Waals surface area contributed by atoms with E-state index in [9.17, 15) is 9.18 Å². The lowest BCUT2D eigenvalue weighted by Crippen LogP contribution is -2.07. The zero-order valence-electron chi connectivity index (χ0n) is 18.3. The summed E-state index contributed by atoms with van der Waals surface area (Å²) in [6.07, 6.45) is 1.62. The van der Waals surface area contributed by atoms with Crippen LogP contribution >= 0.6 is 11.8 Å². The summed E-state index contributed by atoms with van der Waals surface area (Å²) in [7, 11) is 1.62. The first-order valence-corrected chi connectivity index (χ1v) is 11.0. The summed E-state index contributed by atoms with van der Waals surface area (Å²) in [6, 6.07) is 14.5. The van der Waals surface area contributed by atoms with Crippen molar-refractivity contribution in [2.45, 2.75) is 25.9 Å². The Morgan fingerprint density at radius 1 is 1.06 bits per heavy atom. The number of aromatic nitrogens is 4. The van der Waals surface area contributed by atoms with Gasteiger partial charge in [0.2, 0.25) is 0 Å². The molecule has 0 atom stereocenters.